The molecule has 21 heavy (non-hydrogen) atoms. The number of nitrogens with two attached hydrogens (primary N) is 1. The molecule has 3 rings (SSSR count). The average molecular weight is 343 g/mol. The van der Waals surface area contributed by atoms with Gasteiger partial charge in [0.2, 0.25) is 0 Å². The summed E-state index contributed by atoms with van der Waals surface area (Å²) in [5.41, 5.74) is 9.60. The Morgan fingerprint density at radius 3 is 2.76 bits per heavy atom. The van der Waals surface area contributed by atoms with Gasteiger partial charge in [-0.2, -0.15) is 0 Å². The van der Waals surface area contributed by atoms with Gasteiger partial charge in [0.05, 0.1) is 5.52 Å². The zero-order valence-electron chi connectivity index (χ0n) is 11.6. The summed E-state index contributed by atoms with van der Waals surface area (Å²) in [5.74, 6) is 0.750. The Morgan fingerprint density at radius 1 is 1.14 bits per heavy atom. The summed E-state index contributed by atoms with van der Waals surface area (Å²) in [7, 11) is 0. The summed E-state index contributed by atoms with van der Waals surface area (Å²) in [4.78, 5) is 4.54. The van der Waals surface area contributed by atoms with Crippen LogP contribution in [-0.4, -0.2) is 4.98 Å². The van der Waals surface area contributed by atoms with Gasteiger partial charge in [0, 0.05) is 32.9 Å². The number of halogens is 1. The summed E-state index contributed by atoms with van der Waals surface area (Å²) >= 11 is 3.42. The van der Waals surface area contributed by atoms with E-state index in [2.05, 4.69) is 33.0 Å². The molecule has 0 amide bonds. The van der Waals surface area contributed by atoms with Crippen LogP contribution in [-0.2, 0) is 6.61 Å². The number of ether oxygens (including phenoxy) is 1. The van der Waals surface area contributed by atoms with Crippen molar-refractivity contribution in [1.29, 1.82) is 0 Å². The van der Waals surface area contributed by atoms with E-state index in [1.54, 1.807) is 0 Å². The first-order valence-corrected chi connectivity index (χ1v) is 7.45. The van der Waals surface area contributed by atoms with Gasteiger partial charge >= 0.3 is 0 Å². The number of fused-ring (bicyclic) bond motifs is 1. The van der Waals surface area contributed by atoms with Crippen molar-refractivity contribution in [2.45, 2.75) is 13.5 Å². The third-order valence-electron chi connectivity index (χ3n) is 3.22. The Morgan fingerprint density at radius 2 is 1.95 bits per heavy atom. The fourth-order valence-electron chi connectivity index (χ4n) is 2.34. The lowest BCUT2D eigenvalue weighted by Crippen LogP contribution is -1.99. The normalized spacial score (nSPS) is 10.8. The van der Waals surface area contributed by atoms with Gasteiger partial charge in [0.15, 0.2) is 0 Å². The number of para-hydroxylation sites is 1. The second kappa shape index (κ2) is 5.74. The van der Waals surface area contributed by atoms with Gasteiger partial charge in [0.1, 0.15) is 12.4 Å². The highest BCUT2D eigenvalue weighted by Gasteiger charge is 2.05. The maximum atomic E-state index is 5.88. The highest BCUT2D eigenvalue weighted by Crippen LogP contribution is 2.25. The zero-order valence-corrected chi connectivity index (χ0v) is 13.2. The maximum absolute atomic E-state index is 5.88. The van der Waals surface area contributed by atoms with E-state index in [4.69, 9.17) is 10.5 Å². The molecule has 2 aromatic carbocycles. The lowest BCUT2D eigenvalue weighted by molar-refractivity contribution is 0.307. The molecule has 0 saturated heterocycles. The molecule has 4 heteroatoms. The topological polar surface area (TPSA) is 48.1 Å². The molecule has 3 aromatic rings. The molecule has 0 unspecified atom stereocenters. The SMILES string of the molecule is Cc1cc(COc2cc(N)cc(Br)c2)c2ccccc2n1. The Balaban J connectivity index is 1.91. The number of rotatable bonds is 3. The second-order valence-electron chi connectivity index (χ2n) is 4.95. The van der Waals surface area contributed by atoms with E-state index in [0.717, 1.165) is 32.4 Å². The van der Waals surface area contributed by atoms with Crippen LogP contribution in [0, 0.1) is 6.92 Å². The van der Waals surface area contributed by atoms with E-state index in [-0.39, 0.29) is 0 Å². The van der Waals surface area contributed by atoms with Crippen molar-refractivity contribution in [1.82, 2.24) is 4.98 Å². The predicted octanol–water partition coefficient (Wildman–Crippen LogP) is 4.47. The smallest absolute Gasteiger partial charge is 0.122 e. The largest absolute Gasteiger partial charge is 0.489 e. The molecular weight excluding hydrogens is 328 g/mol. The Labute approximate surface area is 131 Å². The van der Waals surface area contributed by atoms with Crippen LogP contribution >= 0.6 is 15.9 Å². The predicted molar refractivity (Wildman–Crippen MR) is 89.4 cm³/mol. The molecule has 0 atom stereocenters. The van der Waals surface area contributed by atoms with E-state index in [9.17, 15) is 0 Å². The van der Waals surface area contributed by atoms with E-state index < -0.39 is 0 Å². The molecule has 0 saturated carbocycles. The van der Waals surface area contributed by atoms with Crippen molar-refractivity contribution in [2.75, 3.05) is 5.73 Å². The van der Waals surface area contributed by atoms with Gasteiger partial charge in [-0.1, -0.05) is 34.1 Å². The molecule has 0 spiro atoms. The number of aromatic nitrogens is 1. The number of hydrogen-bond donors (Lipinski definition) is 1. The van der Waals surface area contributed by atoms with Crippen molar-refractivity contribution < 1.29 is 4.74 Å². The first kappa shape index (κ1) is 13.9. The van der Waals surface area contributed by atoms with Crippen molar-refractivity contribution in [3.05, 3.63) is 64.3 Å². The van der Waals surface area contributed by atoms with Gasteiger partial charge in [-0.05, 0) is 31.2 Å². The number of nitrogens with zero attached hydrogens (tertiary/aromatic N) is 1. The van der Waals surface area contributed by atoms with E-state index in [1.807, 2.05) is 43.3 Å². The van der Waals surface area contributed by atoms with Crippen LogP contribution in [0.15, 0.2) is 53.0 Å². The molecule has 1 aromatic heterocycles. The molecule has 1 heterocycles. The summed E-state index contributed by atoms with van der Waals surface area (Å²) in [6, 6.07) is 15.7. The third-order valence-corrected chi connectivity index (χ3v) is 3.68. The lowest BCUT2D eigenvalue weighted by Gasteiger charge is -2.11. The Bertz CT molecular complexity index is 782. The molecule has 3 nitrogen and oxygen atoms in total. The van der Waals surface area contributed by atoms with Gasteiger partial charge in [-0.25, -0.2) is 0 Å². The molecule has 0 aliphatic heterocycles. The molecule has 2 N–H and O–H groups in total. The van der Waals surface area contributed by atoms with Crippen LogP contribution < -0.4 is 10.5 Å². The highest BCUT2D eigenvalue weighted by molar-refractivity contribution is 9.10. The maximum Gasteiger partial charge on any atom is 0.122 e. The van der Waals surface area contributed by atoms with E-state index in [1.165, 1.54) is 0 Å². The van der Waals surface area contributed by atoms with Gasteiger partial charge in [-0.3, -0.25) is 4.98 Å². The zero-order chi connectivity index (χ0) is 14.8. The van der Waals surface area contributed by atoms with Crippen LogP contribution in [0.1, 0.15) is 11.3 Å². The number of hydrogen-bond acceptors (Lipinski definition) is 3. The third kappa shape index (κ3) is 3.16. The summed E-state index contributed by atoms with van der Waals surface area (Å²) in [6.07, 6.45) is 0. The van der Waals surface area contributed by atoms with Crippen LogP contribution in [0.2, 0.25) is 0 Å². The summed E-state index contributed by atoms with van der Waals surface area (Å²) in [5, 5.41) is 1.12. The standard InChI is InChI=1S/C17H15BrN2O/c1-11-6-12(16-4-2-3-5-17(16)20-11)10-21-15-8-13(18)7-14(19)9-15/h2-9H,10,19H2,1H3. The van der Waals surface area contributed by atoms with Crippen LogP contribution in [0.4, 0.5) is 5.69 Å². The van der Waals surface area contributed by atoms with Crippen molar-refractivity contribution in [3.8, 4) is 5.75 Å². The molecule has 0 bridgehead atoms. The number of pyridine rings is 1. The van der Waals surface area contributed by atoms with Crippen molar-refractivity contribution >= 4 is 32.5 Å². The molecule has 0 aliphatic carbocycles. The first-order valence-electron chi connectivity index (χ1n) is 6.66. The molecule has 0 fully saturated rings. The van der Waals surface area contributed by atoms with E-state index >= 15 is 0 Å². The van der Waals surface area contributed by atoms with Crippen molar-refractivity contribution in [3.63, 3.8) is 0 Å². The number of benzene rings is 2. The second-order valence-corrected chi connectivity index (χ2v) is 5.86. The quantitative estimate of drug-likeness (QED) is 0.714. The monoisotopic (exact) mass is 342 g/mol. The first-order chi connectivity index (χ1) is 10.1. The molecular formula is C17H15BrN2O. The average Bonchev–Trinajstić information content (AvgIpc) is 2.43. The van der Waals surface area contributed by atoms with Crippen LogP contribution in [0.3, 0.4) is 0 Å². The minimum absolute atomic E-state index is 0.486. The van der Waals surface area contributed by atoms with E-state index in [0.29, 0.717) is 12.3 Å². The Kier molecular flexibility index (Phi) is 3.80. The minimum Gasteiger partial charge on any atom is -0.489 e. The van der Waals surface area contributed by atoms with Crippen molar-refractivity contribution in [2.24, 2.45) is 0 Å². The Hall–Kier alpha value is -2.07. The van der Waals surface area contributed by atoms with Gasteiger partial charge in [-0.15, -0.1) is 0 Å². The number of anilines is 1. The van der Waals surface area contributed by atoms with Crippen LogP contribution in [0.25, 0.3) is 10.9 Å². The molecule has 0 aliphatic rings. The number of aryl methyl sites for hydroxylation is 1. The fraction of sp³-hybridized carbons (Fsp3) is 0.118. The lowest BCUT2D eigenvalue weighted by atomic mass is 10.1. The highest BCUT2D eigenvalue weighted by atomic mass is 79.9. The molecule has 0 radical (unpaired) electrons. The summed E-state index contributed by atoms with van der Waals surface area (Å²) in [6.45, 7) is 2.48. The fourth-order valence-corrected chi connectivity index (χ4v) is 2.83. The van der Waals surface area contributed by atoms with Gasteiger partial charge in [0.25, 0.3) is 0 Å². The van der Waals surface area contributed by atoms with Gasteiger partial charge < -0.3 is 10.5 Å². The number of nitrogen functional groups attached to an aromatic ring is 1. The molecule has 106 valence electrons. The minimum atomic E-state index is 0.486. The van der Waals surface area contributed by atoms with Crippen LogP contribution in [0.5, 0.6) is 5.75 Å². The summed E-state index contributed by atoms with van der Waals surface area (Å²) < 4.78 is 6.79.